The molecule has 0 spiro atoms. The normalized spacial score (nSPS) is 11.9. The first-order valence-electron chi connectivity index (χ1n) is 26.8. The van der Waals surface area contributed by atoms with Gasteiger partial charge in [0.2, 0.25) is 0 Å². The van der Waals surface area contributed by atoms with Crippen molar-refractivity contribution < 1.29 is 20.1 Å². The van der Waals surface area contributed by atoms with Crippen molar-refractivity contribution in [2.45, 2.75) is 78.1 Å². The molecular formula is C71H58IrN5O2. The molecule has 0 unspecified atom stereocenters. The molecule has 0 amide bonds. The minimum atomic E-state index is -0.241. The third-order valence-corrected chi connectivity index (χ3v) is 15.0. The summed E-state index contributed by atoms with van der Waals surface area (Å²) in [5.41, 5.74) is 17.9. The quantitative estimate of drug-likeness (QED) is 0.0952. The second-order valence-electron chi connectivity index (χ2n) is 22.6. The number of benzene rings is 7. The summed E-state index contributed by atoms with van der Waals surface area (Å²) < 4.78 is 4.06. The van der Waals surface area contributed by atoms with Crippen LogP contribution >= 0.6 is 0 Å². The van der Waals surface area contributed by atoms with Crippen molar-refractivity contribution in [1.82, 2.24) is 23.8 Å². The van der Waals surface area contributed by atoms with Gasteiger partial charge in [-0.05, 0) is 81.5 Å². The average Bonchev–Trinajstić information content (AvgIpc) is 3.53. The molecule has 0 aliphatic heterocycles. The predicted molar refractivity (Wildman–Crippen MR) is 318 cm³/mol. The first kappa shape index (κ1) is 52.6. The largest absolute Gasteiger partial charge is 3.00 e. The van der Waals surface area contributed by atoms with Crippen LogP contribution in [-0.4, -0.2) is 23.8 Å². The van der Waals surface area contributed by atoms with E-state index in [0.29, 0.717) is 11.3 Å². The minimum absolute atomic E-state index is 0. The molecule has 0 N–H and O–H groups in total. The fourth-order valence-corrected chi connectivity index (χ4v) is 10.9. The summed E-state index contributed by atoms with van der Waals surface area (Å²) in [6.45, 7) is 12.7. The molecule has 0 atom stereocenters. The van der Waals surface area contributed by atoms with Crippen LogP contribution < -0.4 is 11.1 Å². The molecule has 5 heterocycles. The number of rotatable bonds is 11. The standard InChI is InChI=1S/C71H58N5O2.Ir/c1-70(2,3)64-44-66(77)73-68-61-30-20-46(39-56(61)33-36-75(64)68)16-18-48-38-49(19-17-47-21-31-62-57(40-47)34-37-76-65(71(4,5)6)45-67(78)74-69(62)76)42-58(41-48)60-15-11-10-14-59(60)53-26-28-54(29-27-53)63-43-55(32-35-72-63)52-24-22-51(23-25-52)50-12-8-7-9-13-50;/h7-15,20-28,32-45H,16-19H2,1-6H3;/q-3;+3. The summed E-state index contributed by atoms with van der Waals surface area (Å²) in [6.07, 6.45) is 9.16. The zero-order valence-electron chi connectivity index (χ0n) is 45.2. The second kappa shape index (κ2) is 21.4. The smallest absolute Gasteiger partial charge is 0.345 e. The van der Waals surface area contributed by atoms with Crippen LogP contribution in [0, 0.1) is 18.2 Å². The Bertz CT molecular complexity index is 4200. The third-order valence-electron chi connectivity index (χ3n) is 15.0. The SMILES string of the molecule is CC(C)(C)c1cc(=O)nc2c3[c-]cc(CCc4cc(CCc5c[c-]c6c(ccn7c(C(C)(C)C)cc(=O)nc67)c5)cc(-c5ccccc5-c5c[c-]c(-c6cc(-c7ccc(-c8ccccc8)cc7)ccn6)cc5)c4)cc3ccn12.[Ir+3]. The average molecular weight is 1210 g/mol. The van der Waals surface area contributed by atoms with E-state index in [1.807, 2.05) is 33.5 Å². The van der Waals surface area contributed by atoms with Crippen molar-refractivity contribution in [3.8, 4) is 55.8 Å². The number of aryl methyl sites for hydroxylation is 4. The van der Waals surface area contributed by atoms with Gasteiger partial charge < -0.3 is 13.8 Å². The first-order valence-corrected chi connectivity index (χ1v) is 26.8. The molecule has 12 rings (SSSR count). The Hall–Kier alpha value is -8.42. The van der Waals surface area contributed by atoms with Crippen LogP contribution in [0.3, 0.4) is 0 Å². The summed E-state index contributed by atoms with van der Waals surface area (Å²) in [7, 11) is 0. The van der Waals surface area contributed by atoms with Gasteiger partial charge in [-0.25, -0.2) is 9.97 Å². The van der Waals surface area contributed by atoms with Gasteiger partial charge in [0.15, 0.2) is 0 Å². The van der Waals surface area contributed by atoms with E-state index in [2.05, 4.69) is 227 Å². The maximum Gasteiger partial charge on any atom is 3.00 e. The summed E-state index contributed by atoms with van der Waals surface area (Å²) in [5, 5.41) is 3.69. The summed E-state index contributed by atoms with van der Waals surface area (Å²) in [6, 6.07) is 72.2. The van der Waals surface area contributed by atoms with Gasteiger partial charge in [-0.2, -0.15) is 0 Å². The van der Waals surface area contributed by atoms with Crippen molar-refractivity contribution in [1.29, 1.82) is 0 Å². The second-order valence-corrected chi connectivity index (χ2v) is 22.6. The first-order chi connectivity index (χ1) is 37.7. The summed E-state index contributed by atoms with van der Waals surface area (Å²) in [5.74, 6) is 0. The van der Waals surface area contributed by atoms with Crippen molar-refractivity contribution in [3.05, 3.63) is 267 Å². The maximum absolute atomic E-state index is 12.9. The maximum atomic E-state index is 12.9. The fraction of sp³-hybridized carbons (Fsp3) is 0.169. The van der Waals surface area contributed by atoms with Crippen LogP contribution in [0.4, 0.5) is 0 Å². The van der Waals surface area contributed by atoms with Crippen LogP contribution in [0.5, 0.6) is 0 Å². The zero-order valence-corrected chi connectivity index (χ0v) is 47.6. The minimum Gasteiger partial charge on any atom is -0.345 e. The van der Waals surface area contributed by atoms with Crippen LogP contribution in [0.1, 0.15) is 75.2 Å². The van der Waals surface area contributed by atoms with Gasteiger partial charge in [-0.3, -0.25) is 9.59 Å². The van der Waals surface area contributed by atoms with Crippen LogP contribution in [0.25, 0.3) is 88.6 Å². The summed E-state index contributed by atoms with van der Waals surface area (Å²) in [4.78, 5) is 39.4. The van der Waals surface area contributed by atoms with Gasteiger partial charge in [0.1, 0.15) is 0 Å². The zero-order chi connectivity index (χ0) is 53.7. The van der Waals surface area contributed by atoms with E-state index < -0.39 is 0 Å². The number of hydrogen-bond donors (Lipinski definition) is 0. The van der Waals surface area contributed by atoms with Crippen molar-refractivity contribution in [2.24, 2.45) is 0 Å². The molecular weight excluding hydrogens is 1150 g/mol. The van der Waals surface area contributed by atoms with E-state index in [9.17, 15) is 9.59 Å². The van der Waals surface area contributed by atoms with Crippen molar-refractivity contribution in [2.75, 3.05) is 0 Å². The molecule has 8 heteroatoms. The summed E-state index contributed by atoms with van der Waals surface area (Å²) >= 11 is 0. The van der Waals surface area contributed by atoms with Gasteiger partial charge in [-0.15, -0.1) is 98.9 Å². The molecule has 79 heavy (non-hydrogen) atoms. The molecule has 0 fully saturated rings. The van der Waals surface area contributed by atoms with Crippen LogP contribution in [0.15, 0.2) is 204 Å². The molecule has 0 bridgehead atoms. The third kappa shape index (κ3) is 10.9. The monoisotopic (exact) mass is 1210 g/mol. The Labute approximate surface area is 474 Å². The Balaban J connectivity index is 0.00000660. The van der Waals surface area contributed by atoms with Gasteiger partial charge in [0.05, 0.1) is 11.3 Å². The van der Waals surface area contributed by atoms with E-state index in [1.165, 1.54) is 22.3 Å². The van der Waals surface area contributed by atoms with E-state index in [4.69, 9.17) is 4.98 Å². The number of nitrogens with zero attached hydrogens (tertiary/aromatic N) is 5. The number of hydrogen-bond acceptors (Lipinski definition) is 5. The Kier molecular flexibility index (Phi) is 14.3. The van der Waals surface area contributed by atoms with Crippen molar-refractivity contribution >= 4 is 32.8 Å². The molecule has 0 radical (unpaired) electrons. The fourth-order valence-electron chi connectivity index (χ4n) is 10.9. The molecule has 7 aromatic carbocycles. The van der Waals surface area contributed by atoms with E-state index in [0.717, 1.165) is 114 Å². The van der Waals surface area contributed by atoms with Crippen LogP contribution in [-0.2, 0) is 56.6 Å². The predicted octanol–water partition coefficient (Wildman–Crippen LogP) is 15.3. The molecule has 388 valence electrons. The van der Waals surface area contributed by atoms with E-state index in [-0.39, 0.29) is 42.1 Å². The van der Waals surface area contributed by atoms with Gasteiger partial charge >= 0.3 is 20.1 Å². The topological polar surface area (TPSA) is 81.6 Å². The molecule has 0 aliphatic rings. The molecule has 12 aromatic rings. The van der Waals surface area contributed by atoms with E-state index >= 15 is 0 Å². The Morgan fingerprint density at radius 1 is 0.430 bits per heavy atom. The van der Waals surface area contributed by atoms with Crippen molar-refractivity contribution in [3.63, 3.8) is 0 Å². The van der Waals surface area contributed by atoms with Gasteiger partial charge in [-0.1, -0.05) is 181 Å². The van der Waals surface area contributed by atoms with Gasteiger partial charge in [0, 0.05) is 40.5 Å². The number of fused-ring (bicyclic) bond motifs is 6. The number of aromatic nitrogens is 5. The van der Waals surface area contributed by atoms with Gasteiger partial charge in [0.25, 0.3) is 11.1 Å². The Morgan fingerprint density at radius 3 is 1.43 bits per heavy atom. The molecule has 0 saturated carbocycles. The van der Waals surface area contributed by atoms with E-state index in [1.54, 1.807) is 12.1 Å². The molecule has 5 aromatic heterocycles. The van der Waals surface area contributed by atoms with Crippen LogP contribution in [0.2, 0.25) is 0 Å². The Morgan fingerprint density at radius 2 is 0.911 bits per heavy atom. The number of pyridine rings is 3. The molecule has 0 aliphatic carbocycles. The molecule has 0 saturated heterocycles. The molecule has 7 nitrogen and oxygen atoms in total.